The van der Waals surface area contributed by atoms with Crippen molar-refractivity contribution < 1.29 is 0 Å². The molecule has 0 bridgehead atoms. The lowest BCUT2D eigenvalue weighted by atomic mass is 9.74. The Morgan fingerprint density at radius 1 is 1.53 bits per heavy atom. The Balaban J connectivity index is 2.07. The fraction of sp³-hybridized carbons (Fsp3) is 0.750. The third kappa shape index (κ3) is 2.40. The highest BCUT2D eigenvalue weighted by molar-refractivity contribution is 7.09. The average Bonchev–Trinajstić information content (AvgIpc) is 2.81. The van der Waals surface area contributed by atoms with Gasteiger partial charge in [0.2, 0.25) is 0 Å². The number of thiazole rings is 1. The first-order chi connectivity index (χ1) is 7.33. The third-order valence-electron chi connectivity index (χ3n) is 3.73. The molecule has 0 saturated heterocycles. The first-order valence-corrected chi connectivity index (χ1v) is 6.85. The number of hydrogen-bond donors (Lipinski definition) is 1. The number of nitrogens with zero attached hydrogens (tertiary/aromatic N) is 1. The summed E-state index contributed by atoms with van der Waals surface area (Å²) in [6.45, 7) is 2.29. The van der Waals surface area contributed by atoms with Crippen LogP contribution in [0.15, 0.2) is 11.7 Å². The molecule has 1 aromatic rings. The molecule has 0 amide bonds. The summed E-state index contributed by atoms with van der Waals surface area (Å²) >= 11 is 1.70. The molecule has 84 valence electrons. The van der Waals surface area contributed by atoms with Crippen molar-refractivity contribution in [1.29, 1.82) is 0 Å². The molecule has 15 heavy (non-hydrogen) atoms. The van der Waals surface area contributed by atoms with E-state index in [1.165, 1.54) is 37.0 Å². The maximum atomic E-state index is 6.35. The summed E-state index contributed by atoms with van der Waals surface area (Å²) in [7, 11) is 0. The van der Waals surface area contributed by atoms with E-state index in [-0.39, 0.29) is 6.04 Å². The van der Waals surface area contributed by atoms with Crippen LogP contribution in [-0.4, -0.2) is 4.98 Å². The van der Waals surface area contributed by atoms with Gasteiger partial charge in [-0.05, 0) is 18.3 Å². The van der Waals surface area contributed by atoms with E-state index < -0.39 is 0 Å². The van der Waals surface area contributed by atoms with E-state index in [0.717, 1.165) is 5.92 Å². The van der Waals surface area contributed by atoms with Crippen LogP contribution in [0.5, 0.6) is 0 Å². The van der Waals surface area contributed by atoms with Crippen molar-refractivity contribution >= 4 is 11.3 Å². The third-order valence-corrected chi connectivity index (χ3v) is 4.61. The van der Waals surface area contributed by atoms with Crippen LogP contribution in [0, 0.1) is 11.8 Å². The smallest absolute Gasteiger partial charge is 0.0794 e. The van der Waals surface area contributed by atoms with Gasteiger partial charge in [-0.2, -0.15) is 0 Å². The number of nitrogens with two attached hydrogens (primary N) is 1. The van der Waals surface area contributed by atoms with E-state index in [1.807, 2.05) is 11.7 Å². The van der Waals surface area contributed by atoms with Crippen molar-refractivity contribution in [1.82, 2.24) is 4.98 Å². The van der Waals surface area contributed by atoms with Gasteiger partial charge in [-0.15, -0.1) is 11.3 Å². The molecule has 0 aromatic carbocycles. The van der Waals surface area contributed by atoms with Gasteiger partial charge in [-0.25, -0.2) is 0 Å². The molecule has 0 aliphatic heterocycles. The van der Waals surface area contributed by atoms with E-state index in [2.05, 4.69) is 11.9 Å². The maximum absolute atomic E-state index is 6.35. The molecule has 2 nitrogen and oxygen atoms in total. The SMILES string of the molecule is CCC1CCCCC1C(N)c1cncs1. The molecule has 2 N–H and O–H groups in total. The topological polar surface area (TPSA) is 38.9 Å². The zero-order chi connectivity index (χ0) is 10.7. The van der Waals surface area contributed by atoms with Crippen molar-refractivity contribution in [2.24, 2.45) is 17.6 Å². The molecule has 1 fully saturated rings. The zero-order valence-corrected chi connectivity index (χ0v) is 10.2. The zero-order valence-electron chi connectivity index (χ0n) is 9.36. The quantitative estimate of drug-likeness (QED) is 0.855. The molecule has 3 heteroatoms. The van der Waals surface area contributed by atoms with E-state index >= 15 is 0 Å². The highest BCUT2D eigenvalue weighted by atomic mass is 32.1. The second kappa shape index (κ2) is 5.08. The predicted octanol–water partition coefficient (Wildman–Crippen LogP) is 3.36. The summed E-state index contributed by atoms with van der Waals surface area (Å²) in [5.41, 5.74) is 8.24. The minimum atomic E-state index is 0.225. The van der Waals surface area contributed by atoms with Crippen LogP contribution >= 0.6 is 11.3 Å². The monoisotopic (exact) mass is 224 g/mol. The van der Waals surface area contributed by atoms with Crippen molar-refractivity contribution in [2.45, 2.75) is 45.1 Å². The molecular formula is C12H20N2S. The summed E-state index contributed by atoms with van der Waals surface area (Å²) in [6, 6.07) is 0.225. The Bertz CT molecular complexity index is 284. The fourth-order valence-electron chi connectivity index (χ4n) is 2.82. The summed E-state index contributed by atoms with van der Waals surface area (Å²) in [6.07, 6.45) is 8.64. The van der Waals surface area contributed by atoms with Gasteiger partial charge in [0.05, 0.1) is 5.51 Å². The number of aromatic nitrogens is 1. The summed E-state index contributed by atoms with van der Waals surface area (Å²) in [5.74, 6) is 1.51. The largest absolute Gasteiger partial charge is 0.323 e. The first kappa shape index (κ1) is 11.1. The molecule has 3 unspecified atom stereocenters. The van der Waals surface area contributed by atoms with Crippen LogP contribution in [0.3, 0.4) is 0 Å². The molecule has 0 radical (unpaired) electrons. The molecule has 1 aliphatic carbocycles. The van der Waals surface area contributed by atoms with Gasteiger partial charge in [-0.1, -0.05) is 32.6 Å². The standard InChI is InChI=1S/C12H20N2S/c1-2-9-5-3-4-6-10(9)12(13)11-7-14-8-15-11/h7-10,12H,2-6,13H2,1H3. The molecule has 2 rings (SSSR count). The minimum absolute atomic E-state index is 0.225. The predicted molar refractivity (Wildman–Crippen MR) is 64.8 cm³/mol. The van der Waals surface area contributed by atoms with E-state index in [1.54, 1.807) is 11.3 Å². The second-order valence-electron chi connectivity index (χ2n) is 4.55. The Labute approximate surface area is 95.9 Å². The number of hydrogen-bond acceptors (Lipinski definition) is 3. The number of rotatable bonds is 3. The minimum Gasteiger partial charge on any atom is -0.323 e. The second-order valence-corrected chi connectivity index (χ2v) is 5.46. The lowest BCUT2D eigenvalue weighted by Crippen LogP contribution is -2.29. The lowest BCUT2D eigenvalue weighted by molar-refractivity contribution is 0.198. The Morgan fingerprint density at radius 2 is 2.33 bits per heavy atom. The summed E-state index contributed by atoms with van der Waals surface area (Å²) in [4.78, 5) is 5.39. The van der Waals surface area contributed by atoms with Gasteiger partial charge in [0.15, 0.2) is 0 Å². The maximum Gasteiger partial charge on any atom is 0.0794 e. The molecule has 1 heterocycles. The van der Waals surface area contributed by atoms with E-state index in [4.69, 9.17) is 5.73 Å². The molecule has 1 saturated carbocycles. The van der Waals surface area contributed by atoms with Crippen LogP contribution < -0.4 is 5.73 Å². The normalized spacial score (nSPS) is 28.9. The molecule has 3 atom stereocenters. The van der Waals surface area contributed by atoms with Gasteiger partial charge in [0.25, 0.3) is 0 Å². The Hall–Kier alpha value is -0.410. The summed E-state index contributed by atoms with van der Waals surface area (Å²) < 4.78 is 0. The van der Waals surface area contributed by atoms with Crippen LogP contribution in [0.1, 0.15) is 49.9 Å². The van der Waals surface area contributed by atoms with Gasteiger partial charge in [0.1, 0.15) is 0 Å². The van der Waals surface area contributed by atoms with Crippen LogP contribution in [-0.2, 0) is 0 Å². The lowest BCUT2D eigenvalue weighted by Gasteiger charge is -2.34. The Morgan fingerprint density at radius 3 is 3.00 bits per heavy atom. The molecular weight excluding hydrogens is 204 g/mol. The molecule has 1 aliphatic rings. The summed E-state index contributed by atoms with van der Waals surface area (Å²) in [5, 5.41) is 0. The van der Waals surface area contributed by atoms with Crippen molar-refractivity contribution in [2.75, 3.05) is 0 Å². The van der Waals surface area contributed by atoms with E-state index in [0.29, 0.717) is 5.92 Å². The van der Waals surface area contributed by atoms with Gasteiger partial charge >= 0.3 is 0 Å². The van der Waals surface area contributed by atoms with Gasteiger partial charge in [0, 0.05) is 17.1 Å². The van der Waals surface area contributed by atoms with Crippen molar-refractivity contribution in [3.05, 3.63) is 16.6 Å². The Kier molecular flexibility index (Phi) is 3.76. The fourth-order valence-corrected chi connectivity index (χ4v) is 3.51. The van der Waals surface area contributed by atoms with Crippen LogP contribution in [0.2, 0.25) is 0 Å². The van der Waals surface area contributed by atoms with Crippen LogP contribution in [0.4, 0.5) is 0 Å². The van der Waals surface area contributed by atoms with Gasteiger partial charge in [-0.3, -0.25) is 4.98 Å². The van der Waals surface area contributed by atoms with Crippen molar-refractivity contribution in [3.63, 3.8) is 0 Å². The highest BCUT2D eigenvalue weighted by Gasteiger charge is 2.30. The molecule has 0 spiro atoms. The first-order valence-electron chi connectivity index (χ1n) is 5.97. The van der Waals surface area contributed by atoms with E-state index in [9.17, 15) is 0 Å². The average molecular weight is 224 g/mol. The highest BCUT2D eigenvalue weighted by Crippen LogP contribution is 2.39. The van der Waals surface area contributed by atoms with Crippen molar-refractivity contribution in [3.8, 4) is 0 Å². The van der Waals surface area contributed by atoms with Gasteiger partial charge < -0.3 is 5.73 Å². The molecule has 1 aromatic heterocycles. The van der Waals surface area contributed by atoms with Crippen LogP contribution in [0.25, 0.3) is 0 Å².